The summed E-state index contributed by atoms with van der Waals surface area (Å²) in [6.07, 6.45) is 4.78. The molecule has 0 radical (unpaired) electrons. The molecule has 28 heavy (non-hydrogen) atoms. The van der Waals surface area contributed by atoms with Gasteiger partial charge >= 0.3 is 5.97 Å². The van der Waals surface area contributed by atoms with Crippen LogP contribution in [0.1, 0.15) is 38.2 Å². The maximum absolute atomic E-state index is 11.6. The second kappa shape index (κ2) is 13.6. The van der Waals surface area contributed by atoms with Crippen LogP contribution in [0.4, 0.5) is 0 Å². The number of rotatable bonds is 8. The largest absolute Gasteiger partial charge is 0.494 e. The van der Waals surface area contributed by atoms with E-state index in [4.69, 9.17) is 9.47 Å². The van der Waals surface area contributed by atoms with Crippen molar-refractivity contribution in [3.05, 3.63) is 29.8 Å². The molecule has 0 saturated carbocycles. The molecule has 1 heterocycles. The molecule has 158 valence electrons. The number of aliphatic imine (C=N–C) groups is 1. The van der Waals surface area contributed by atoms with E-state index < -0.39 is 0 Å². The second-order valence-corrected chi connectivity index (χ2v) is 6.85. The molecule has 1 aliphatic heterocycles. The standard InChI is InChI=1S/C21H33N3O3.HI/c1-4-5-16-27-19-8-6-17(7-9-19)10-13-23-21(22-2)24-14-11-18(12-15-24)20(25)26-3;/h6-9,18H,4-5,10-16H2,1-3H3,(H,22,23);1H. The van der Waals surface area contributed by atoms with Gasteiger partial charge in [0.2, 0.25) is 0 Å². The molecule has 1 fully saturated rings. The maximum atomic E-state index is 11.6. The van der Waals surface area contributed by atoms with Crippen LogP contribution in [0.5, 0.6) is 5.75 Å². The first-order valence-electron chi connectivity index (χ1n) is 9.93. The van der Waals surface area contributed by atoms with Gasteiger partial charge in [-0.15, -0.1) is 24.0 Å². The number of piperidine rings is 1. The lowest BCUT2D eigenvalue weighted by Crippen LogP contribution is -2.47. The van der Waals surface area contributed by atoms with Crippen LogP contribution < -0.4 is 10.1 Å². The molecule has 0 unspecified atom stereocenters. The number of hydrogen-bond donors (Lipinski definition) is 1. The lowest BCUT2D eigenvalue weighted by molar-refractivity contribution is -0.146. The van der Waals surface area contributed by atoms with Crippen molar-refractivity contribution in [2.45, 2.75) is 39.0 Å². The molecule has 0 bridgehead atoms. The molecule has 0 aliphatic carbocycles. The van der Waals surface area contributed by atoms with E-state index in [-0.39, 0.29) is 35.9 Å². The van der Waals surface area contributed by atoms with Gasteiger partial charge in [0.25, 0.3) is 0 Å². The number of likely N-dealkylation sites (tertiary alicyclic amines) is 1. The number of hydrogen-bond acceptors (Lipinski definition) is 4. The summed E-state index contributed by atoms with van der Waals surface area (Å²) >= 11 is 0. The monoisotopic (exact) mass is 503 g/mol. The fourth-order valence-corrected chi connectivity index (χ4v) is 3.23. The Kier molecular flexibility index (Phi) is 11.9. The first-order chi connectivity index (χ1) is 13.2. The third-order valence-electron chi connectivity index (χ3n) is 4.93. The number of methoxy groups -OCH3 is 1. The molecule has 0 spiro atoms. The lowest BCUT2D eigenvalue weighted by atomic mass is 9.97. The second-order valence-electron chi connectivity index (χ2n) is 6.85. The average molecular weight is 503 g/mol. The molecule has 6 nitrogen and oxygen atoms in total. The third-order valence-corrected chi connectivity index (χ3v) is 4.93. The van der Waals surface area contributed by atoms with Crippen molar-refractivity contribution >= 4 is 35.9 Å². The number of carbonyl (C=O) groups is 1. The van der Waals surface area contributed by atoms with Gasteiger partial charge in [-0.1, -0.05) is 25.5 Å². The van der Waals surface area contributed by atoms with E-state index in [1.807, 2.05) is 12.1 Å². The summed E-state index contributed by atoms with van der Waals surface area (Å²) in [5.74, 6) is 1.75. The average Bonchev–Trinajstić information content (AvgIpc) is 2.72. The minimum absolute atomic E-state index is 0. The van der Waals surface area contributed by atoms with E-state index in [2.05, 4.69) is 34.3 Å². The molecule has 1 aromatic carbocycles. The number of unbranched alkanes of at least 4 members (excludes halogenated alkanes) is 1. The molecule has 0 aromatic heterocycles. The summed E-state index contributed by atoms with van der Waals surface area (Å²) in [6.45, 7) is 5.40. The SMILES string of the molecule is CCCCOc1ccc(CCNC(=NC)N2CCC(C(=O)OC)CC2)cc1.I. The maximum Gasteiger partial charge on any atom is 0.308 e. The topological polar surface area (TPSA) is 63.2 Å². The normalized spacial score (nSPS) is 15.0. The smallest absolute Gasteiger partial charge is 0.308 e. The predicted octanol–water partition coefficient (Wildman–Crippen LogP) is 3.49. The van der Waals surface area contributed by atoms with E-state index in [1.165, 1.54) is 12.7 Å². The minimum Gasteiger partial charge on any atom is -0.494 e. The zero-order valence-electron chi connectivity index (χ0n) is 17.3. The summed E-state index contributed by atoms with van der Waals surface area (Å²) in [6, 6.07) is 8.32. The summed E-state index contributed by atoms with van der Waals surface area (Å²) in [4.78, 5) is 18.2. The molecular weight excluding hydrogens is 469 g/mol. The summed E-state index contributed by atoms with van der Waals surface area (Å²) in [7, 11) is 3.26. The molecule has 1 aromatic rings. The van der Waals surface area contributed by atoms with Crippen LogP contribution in [0.3, 0.4) is 0 Å². The van der Waals surface area contributed by atoms with Crippen molar-refractivity contribution in [3.63, 3.8) is 0 Å². The van der Waals surface area contributed by atoms with Gasteiger partial charge in [0.15, 0.2) is 5.96 Å². The van der Waals surface area contributed by atoms with Crippen LogP contribution in [-0.2, 0) is 16.0 Å². The molecular formula is C21H34IN3O3. The van der Waals surface area contributed by atoms with Gasteiger partial charge in [0.1, 0.15) is 5.75 Å². The molecule has 0 atom stereocenters. The van der Waals surface area contributed by atoms with Gasteiger partial charge in [-0.25, -0.2) is 0 Å². The zero-order valence-corrected chi connectivity index (χ0v) is 19.6. The number of esters is 1. The van der Waals surface area contributed by atoms with Crippen molar-refractivity contribution in [3.8, 4) is 5.75 Å². The molecule has 1 aliphatic rings. The first-order valence-corrected chi connectivity index (χ1v) is 9.93. The number of halogens is 1. The first kappa shape index (κ1) is 24.5. The molecule has 0 amide bonds. The molecule has 7 heteroatoms. The predicted molar refractivity (Wildman–Crippen MR) is 124 cm³/mol. The Labute approximate surface area is 186 Å². The number of carbonyl (C=O) groups excluding carboxylic acids is 1. The van der Waals surface area contributed by atoms with Crippen molar-refractivity contribution in [2.24, 2.45) is 10.9 Å². The molecule has 1 saturated heterocycles. The van der Waals surface area contributed by atoms with Crippen LogP contribution in [0, 0.1) is 5.92 Å². The summed E-state index contributed by atoms with van der Waals surface area (Å²) < 4.78 is 10.5. The van der Waals surface area contributed by atoms with Gasteiger partial charge in [0, 0.05) is 26.7 Å². The number of ether oxygens (including phenoxy) is 2. The van der Waals surface area contributed by atoms with Crippen molar-refractivity contribution in [1.82, 2.24) is 10.2 Å². The Bertz CT molecular complexity index is 599. The van der Waals surface area contributed by atoms with E-state index in [0.29, 0.717) is 0 Å². The third kappa shape index (κ3) is 7.85. The lowest BCUT2D eigenvalue weighted by Gasteiger charge is -2.33. The Balaban J connectivity index is 0.00000392. The molecule has 2 rings (SSSR count). The van der Waals surface area contributed by atoms with Crippen LogP contribution in [0.15, 0.2) is 29.3 Å². The quantitative estimate of drug-likeness (QED) is 0.194. The van der Waals surface area contributed by atoms with Crippen molar-refractivity contribution in [1.29, 1.82) is 0 Å². The van der Waals surface area contributed by atoms with Gasteiger partial charge in [-0.2, -0.15) is 0 Å². The molecule has 1 N–H and O–H groups in total. The van der Waals surface area contributed by atoms with Gasteiger partial charge in [0.05, 0.1) is 19.6 Å². The minimum atomic E-state index is -0.0975. The Hall–Kier alpha value is -1.51. The highest BCUT2D eigenvalue weighted by Gasteiger charge is 2.26. The number of benzene rings is 1. The van der Waals surface area contributed by atoms with Gasteiger partial charge in [-0.05, 0) is 43.4 Å². The fourth-order valence-electron chi connectivity index (χ4n) is 3.23. The van der Waals surface area contributed by atoms with Crippen LogP contribution >= 0.6 is 24.0 Å². The highest BCUT2D eigenvalue weighted by molar-refractivity contribution is 14.0. The van der Waals surface area contributed by atoms with Crippen LogP contribution in [0.25, 0.3) is 0 Å². The van der Waals surface area contributed by atoms with E-state index >= 15 is 0 Å². The van der Waals surface area contributed by atoms with E-state index in [9.17, 15) is 4.79 Å². The Morgan fingerprint density at radius 1 is 1.25 bits per heavy atom. The van der Waals surface area contributed by atoms with Crippen LogP contribution in [0.2, 0.25) is 0 Å². The van der Waals surface area contributed by atoms with Crippen LogP contribution in [-0.4, -0.2) is 57.2 Å². The summed E-state index contributed by atoms with van der Waals surface area (Å²) in [5, 5.41) is 3.43. The zero-order chi connectivity index (χ0) is 19.5. The number of guanidine groups is 1. The Morgan fingerprint density at radius 2 is 1.93 bits per heavy atom. The highest BCUT2D eigenvalue weighted by Crippen LogP contribution is 2.18. The van der Waals surface area contributed by atoms with Gasteiger partial charge < -0.3 is 19.7 Å². The summed E-state index contributed by atoms with van der Waals surface area (Å²) in [5.41, 5.74) is 1.27. The Morgan fingerprint density at radius 3 is 2.50 bits per heavy atom. The highest BCUT2D eigenvalue weighted by atomic mass is 127. The van der Waals surface area contributed by atoms with Crippen molar-refractivity contribution in [2.75, 3.05) is 40.4 Å². The van der Waals surface area contributed by atoms with Gasteiger partial charge in [-0.3, -0.25) is 9.79 Å². The fraction of sp³-hybridized carbons (Fsp3) is 0.619. The van der Waals surface area contributed by atoms with E-state index in [1.54, 1.807) is 7.05 Å². The number of nitrogens with one attached hydrogen (secondary N) is 1. The number of nitrogens with zero attached hydrogens (tertiary/aromatic N) is 2. The van der Waals surface area contributed by atoms with E-state index in [0.717, 1.165) is 70.1 Å². The van der Waals surface area contributed by atoms with Crippen molar-refractivity contribution < 1.29 is 14.3 Å².